The molecule has 104 valence electrons. The highest BCUT2D eigenvalue weighted by atomic mass is 35.5. The predicted molar refractivity (Wildman–Crippen MR) is 79.7 cm³/mol. The third-order valence-corrected chi connectivity index (χ3v) is 3.55. The second-order valence-corrected chi connectivity index (χ2v) is 5.03. The molecule has 1 N–H and O–H groups in total. The van der Waals surface area contributed by atoms with Gasteiger partial charge in [0.2, 0.25) is 0 Å². The van der Waals surface area contributed by atoms with E-state index in [-0.39, 0.29) is 11.5 Å². The lowest BCUT2D eigenvalue weighted by Gasteiger charge is -2.08. The molecule has 0 aliphatic heterocycles. The van der Waals surface area contributed by atoms with Crippen LogP contribution in [0.4, 0.5) is 0 Å². The molecule has 0 unspecified atom stereocenters. The molecule has 0 aliphatic rings. The topological polar surface area (TPSA) is 51.1 Å². The summed E-state index contributed by atoms with van der Waals surface area (Å²) in [5.74, 6) is -0.243. The van der Waals surface area contributed by atoms with Gasteiger partial charge in [0.1, 0.15) is 0 Å². The molecule has 0 saturated heterocycles. The van der Waals surface area contributed by atoms with E-state index in [0.29, 0.717) is 22.2 Å². The van der Waals surface area contributed by atoms with Crippen LogP contribution >= 0.6 is 23.2 Å². The lowest BCUT2D eigenvalue weighted by atomic mass is 10.2. The van der Waals surface area contributed by atoms with Crippen molar-refractivity contribution in [2.45, 2.75) is 6.54 Å². The van der Waals surface area contributed by atoms with Crippen LogP contribution in [0.15, 0.2) is 41.3 Å². The standard InChI is InChI=1S/C14H12Cl2N2O2/c1-17-14(20)10-3-5-13(19)18(8-10)7-9-2-4-11(15)12(16)6-9/h2-6,8H,7H2,1H3,(H,17,20). The second kappa shape index (κ2) is 6.11. The molecule has 1 aromatic carbocycles. The number of hydrogen-bond donors (Lipinski definition) is 1. The summed E-state index contributed by atoms with van der Waals surface area (Å²) in [6.07, 6.45) is 1.52. The normalized spacial score (nSPS) is 10.3. The summed E-state index contributed by atoms with van der Waals surface area (Å²) in [4.78, 5) is 23.4. The number of nitrogens with one attached hydrogen (secondary N) is 1. The van der Waals surface area contributed by atoms with Crippen molar-refractivity contribution in [1.29, 1.82) is 0 Å². The molecular weight excluding hydrogens is 299 g/mol. The third kappa shape index (κ3) is 3.21. The molecule has 0 bridgehead atoms. The van der Waals surface area contributed by atoms with E-state index in [2.05, 4.69) is 5.32 Å². The summed E-state index contributed by atoms with van der Waals surface area (Å²) >= 11 is 11.8. The van der Waals surface area contributed by atoms with Gasteiger partial charge in [-0.3, -0.25) is 9.59 Å². The third-order valence-electron chi connectivity index (χ3n) is 2.81. The van der Waals surface area contributed by atoms with Crippen molar-refractivity contribution in [2.24, 2.45) is 0 Å². The van der Waals surface area contributed by atoms with E-state index < -0.39 is 0 Å². The zero-order valence-electron chi connectivity index (χ0n) is 10.7. The number of rotatable bonds is 3. The molecule has 0 fully saturated rings. The van der Waals surface area contributed by atoms with E-state index in [0.717, 1.165) is 5.56 Å². The monoisotopic (exact) mass is 310 g/mol. The maximum Gasteiger partial charge on any atom is 0.252 e. The molecule has 1 heterocycles. The van der Waals surface area contributed by atoms with Crippen LogP contribution in [0.5, 0.6) is 0 Å². The molecule has 0 saturated carbocycles. The fourth-order valence-corrected chi connectivity index (χ4v) is 2.09. The van der Waals surface area contributed by atoms with Crippen LogP contribution in [-0.2, 0) is 6.54 Å². The average Bonchev–Trinajstić information content (AvgIpc) is 2.44. The number of nitrogens with zero attached hydrogens (tertiary/aromatic N) is 1. The number of hydrogen-bond acceptors (Lipinski definition) is 2. The van der Waals surface area contributed by atoms with Crippen molar-refractivity contribution < 1.29 is 4.79 Å². The van der Waals surface area contributed by atoms with Crippen LogP contribution in [-0.4, -0.2) is 17.5 Å². The first-order valence-corrected chi connectivity index (χ1v) is 6.63. The minimum atomic E-state index is -0.243. The van der Waals surface area contributed by atoms with E-state index >= 15 is 0 Å². The van der Waals surface area contributed by atoms with E-state index in [9.17, 15) is 9.59 Å². The van der Waals surface area contributed by atoms with Crippen molar-refractivity contribution >= 4 is 29.1 Å². The van der Waals surface area contributed by atoms with Crippen molar-refractivity contribution in [2.75, 3.05) is 7.05 Å². The Labute approximate surface area is 125 Å². The summed E-state index contributed by atoms with van der Waals surface area (Å²) in [5, 5.41) is 3.41. The Morgan fingerprint density at radius 1 is 1.20 bits per heavy atom. The Hall–Kier alpha value is -1.78. The summed E-state index contributed by atoms with van der Waals surface area (Å²) in [7, 11) is 1.54. The molecular formula is C14H12Cl2N2O2. The summed E-state index contributed by atoms with van der Waals surface area (Å²) in [6.45, 7) is 0.320. The van der Waals surface area contributed by atoms with Gasteiger partial charge in [-0.2, -0.15) is 0 Å². The molecule has 6 heteroatoms. The Morgan fingerprint density at radius 3 is 2.60 bits per heavy atom. The van der Waals surface area contributed by atoms with Crippen LogP contribution in [0.3, 0.4) is 0 Å². The van der Waals surface area contributed by atoms with Gasteiger partial charge in [0.25, 0.3) is 11.5 Å². The number of amides is 1. The minimum absolute atomic E-state index is 0.191. The maximum atomic E-state index is 11.8. The van der Waals surface area contributed by atoms with Gasteiger partial charge in [-0.05, 0) is 23.8 Å². The molecule has 0 atom stereocenters. The zero-order valence-corrected chi connectivity index (χ0v) is 12.2. The van der Waals surface area contributed by atoms with Crippen LogP contribution in [0.1, 0.15) is 15.9 Å². The molecule has 20 heavy (non-hydrogen) atoms. The number of pyridine rings is 1. The summed E-state index contributed by atoms with van der Waals surface area (Å²) in [5.41, 5.74) is 1.06. The fraction of sp³-hybridized carbons (Fsp3) is 0.143. The highest BCUT2D eigenvalue weighted by molar-refractivity contribution is 6.42. The number of carbonyl (C=O) groups is 1. The molecule has 0 radical (unpaired) electrons. The Bertz CT molecular complexity index is 711. The number of carbonyl (C=O) groups excluding carboxylic acids is 1. The largest absolute Gasteiger partial charge is 0.355 e. The highest BCUT2D eigenvalue weighted by Gasteiger charge is 2.07. The van der Waals surface area contributed by atoms with Crippen molar-refractivity contribution in [3.8, 4) is 0 Å². The zero-order chi connectivity index (χ0) is 14.7. The van der Waals surface area contributed by atoms with Crippen molar-refractivity contribution in [1.82, 2.24) is 9.88 Å². The van der Waals surface area contributed by atoms with Crippen LogP contribution in [0.25, 0.3) is 0 Å². The van der Waals surface area contributed by atoms with Gasteiger partial charge in [-0.15, -0.1) is 0 Å². The van der Waals surface area contributed by atoms with E-state index in [1.165, 1.54) is 29.9 Å². The van der Waals surface area contributed by atoms with Gasteiger partial charge in [-0.1, -0.05) is 29.3 Å². The Kier molecular flexibility index (Phi) is 4.47. The fourth-order valence-electron chi connectivity index (χ4n) is 1.77. The quantitative estimate of drug-likeness (QED) is 0.947. The van der Waals surface area contributed by atoms with Gasteiger partial charge in [-0.25, -0.2) is 0 Å². The van der Waals surface area contributed by atoms with E-state index in [4.69, 9.17) is 23.2 Å². The first-order valence-electron chi connectivity index (χ1n) is 5.88. The van der Waals surface area contributed by atoms with Gasteiger partial charge in [0.05, 0.1) is 22.2 Å². The maximum absolute atomic E-state index is 11.8. The molecule has 2 rings (SSSR count). The number of halogens is 2. The molecule has 1 aromatic heterocycles. The molecule has 4 nitrogen and oxygen atoms in total. The lowest BCUT2D eigenvalue weighted by Crippen LogP contribution is -2.24. The predicted octanol–water partition coefficient (Wildman–Crippen LogP) is 2.56. The van der Waals surface area contributed by atoms with Gasteiger partial charge < -0.3 is 9.88 Å². The minimum Gasteiger partial charge on any atom is -0.355 e. The molecule has 2 aromatic rings. The van der Waals surface area contributed by atoms with E-state index in [1.807, 2.05) is 0 Å². The average molecular weight is 311 g/mol. The van der Waals surface area contributed by atoms with E-state index in [1.54, 1.807) is 18.2 Å². The Balaban J connectivity index is 2.35. The smallest absolute Gasteiger partial charge is 0.252 e. The number of benzene rings is 1. The van der Waals surface area contributed by atoms with Gasteiger partial charge in [0.15, 0.2) is 0 Å². The second-order valence-electron chi connectivity index (χ2n) is 4.21. The van der Waals surface area contributed by atoms with Gasteiger partial charge in [0, 0.05) is 19.3 Å². The first-order chi connectivity index (χ1) is 9.51. The van der Waals surface area contributed by atoms with Crippen LogP contribution in [0, 0.1) is 0 Å². The lowest BCUT2D eigenvalue weighted by molar-refractivity contribution is 0.0962. The van der Waals surface area contributed by atoms with Crippen molar-refractivity contribution in [3.63, 3.8) is 0 Å². The van der Waals surface area contributed by atoms with Crippen molar-refractivity contribution in [3.05, 3.63) is 68.1 Å². The van der Waals surface area contributed by atoms with Crippen LogP contribution < -0.4 is 10.9 Å². The molecule has 0 spiro atoms. The first kappa shape index (κ1) is 14.6. The number of aromatic nitrogens is 1. The molecule has 0 aliphatic carbocycles. The Morgan fingerprint density at radius 2 is 1.95 bits per heavy atom. The van der Waals surface area contributed by atoms with Gasteiger partial charge >= 0.3 is 0 Å². The SMILES string of the molecule is CNC(=O)c1ccc(=O)n(Cc2ccc(Cl)c(Cl)c2)c1. The highest BCUT2D eigenvalue weighted by Crippen LogP contribution is 2.22. The summed E-state index contributed by atoms with van der Waals surface area (Å²) < 4.78 is 1.45. The summed E-state index contributed by atoms with van der Waals surface area (Å²) in [6, 6.07) is 8.01. The molecule has 1 amide bonds. The van der Waals surface area contributed by atoms with Crippen LogP contribution in [0.2, 0.25) is 10.0 Å².